The molecule has 1 aromatic carbocycles. The van der Waals surface area contributed by atoms with Crippen LogP contribution < -0.4 is 16.0 Å². The van der Waals surface area contributed by atoms with Crippen molar-refractivity contribution in [2.75, 3.05) is 32.6 Å². The first-order valence-electron chi connectivity index (χ1n) is 11.1. The van der Waals surface area contributed by atoms with E-state index in [2.05, 4.69) is 66.4 Å². The smallest absolute Gasteiger partial charge is 0.191 e. The van der Waals surface area contributed by atoms with E-state index in [1.807, 2.05) is 11.8 Å². The molecule has 1 saturated heterocycles. The van der Waals surface area contributed by atoms with Crippen molar-refractivity contribution in [2.24, 2.45) is 4.99 Å². The second-order valence-electron chi connectivity index (χ2n) is 8.38. The van der Waals surface area contributed by atoms with Crippen LogP contribution >= 0.6 is 35.7 Å². The van der Waals surface area contributed by atoms with Crippen LogP contribution in [0.5, 0.6) is 0 Å². The first kappa shape index (κ1) is 25.7. The highest BCUT2D eigenvalue weighted by Crippen LogP contribution is 2.28. The minimum Gasteiger partial charge on any atom is -0.381 e. The lowest BCUT2D eigenvalue weighted by atomic mass is 9.88. The highest BCUT2D eigenvalue weighted by molar-refractivity contribution is 14.0. The van der Waals surface area contributed by atoms with Crippen molar-refractivity contribution in [3.8, 4) is 0 Å². The molecule has 0 amide bonds. The van der Waals surface area contributed by atoms with Crippen LogP contribution in [0.3, 0.4) is 0 Å². The fraction of sp³-hybridized carbons (Fsp3) is 0.696. The van der Waals surface area contributed by atoms with Gasteiger partial charge in [-0.05, 0) is 57.8 Å². The molecule has 3 unspecified atom stereocenters. The van der Waals surface area contributed by atoms with Crippen LogP contribution in [0.2, 0.25) is 0 Å². The molecule has 30 heavy (non-hydrogen) atoms. The molecule has 3 N–H and O–H groups in total. The summed E-state index contributed by atoms with van der Waals surface area (Å²) in [5.41, 5.74) is 1.30. The number of thioether (sulfide) groups is 1. The maximum Gasteiger partial charge on any atom is 0.191 e. The summed E-state index contributed by atoms with van der Waals surface area (Å²) in [5, 5.41) is 11.8. The maximum atomic E-state index is 5.68. The summed E-state index contributed by atoms with van der Waals surface area (Å²) in [7, 11) is 0. The molecule has 0 bridgehead atoms. The van der Waals surface area contributed by atoms with Crippen LogP contribution in [0.15, 0.2) is 35.3 Å². The number of ether oxygens (including phenoxy) is 1. The van der Waals surface area contributed by atoms with Crippen molar-refractivity contribution in [1.29, 1.82) is 0 Å². The highest BCUT2D eigenvalue weighted by atomic mass is 127. The summed E-state index contributed by atoms with van der Waals surface area (Å²) in [6.07, 6.45) is 7.97. The lowest BCUT2D eigenvalue weighted by Crippen LogP contribution is -2.53. The van der Waals surface area contributed by atoms with Gasteiger partial charge in [0.05, 0.1) is 6.54 Å². The fourth-order valence-electron chi connectivity index (χ4n) is 4.42. The molecule has 0 aromatic heterocycles. The predicted molar refractivity (Wildman–Crippen MR) is 140 cm³/mol. The van der Waals surface area contributed by atoms with E-state index < -0.39 is 0 Å². The SMILES string of the molecule is CCNC(=NCC1(NC(C)c2ccccc2)CCOCC1)NC1CCC(SC)C1.I. The zero-order valence-electron chi connectivity index (χ0n) is 18.7. The Morgan fingerprint density at radius 3 is 2.60 bits per heavy atom. The van der Waals surface area contributed by atoms with Gasteiger partial charge in [0, 0.05) is 42.6 Å². The normalized spacial score (nSPS) is 24.7. The van der Waals surface area contributed by atoms with Crippen molar-refractivity contribution in [2.45, 2.75) is 68.8 Å². The van der Waals surface area contributed by atoms with Crippen molar-refractivity contribution in [3.63, 3.8) is 0 Å². The zero-order chi connectivity index (χ0) is 20.5. The molecular formula is C23H39IN4OS. The Morgan fingerprint density at radius 1 is 1.23 bits per heavy atom. The Morgan fingerprint density at radius 2 is 1.97 bits per heavy atom. The lowest BCUT2D eigenvalue weighted by Gasteiger charge is -2.39. The number of hydrogen-bond donors (Lipinski definition) is 3. The number of aliphatic imine (C=N–C) groups is 1. The minimum absolute atomic E-state index is 0. The third-order valence-electron chi connectivity index (χ3n) is 6.21. The summed E-state index contributed by atoms with van der Waals surface area (Å²) in [6, 6.07) is 11.5. The zero-order valence-corrected chi connectivity index (χ0v) is 21.8. The van der Waals surface area contributed by atoms with Crippen LogP contribution in [0.25, 0.3) is 0 Å². The van der Waals surface area contributed by atoms with E-state index in [-0.39, 0.29) is 35.6 Å². The van der Waals surface area contributed by atoms with Crippen molar-refractivity contribution < 1.29 is 4.74 Å². The molecule has 1 aliphatic heterocycles. The van der Waals surface area contributed by atoms with Gasteiger partial charge in [-0.25, -0.2) is 0 Å². The number of benzene rings is 1. The van der Waals surface area contributed by atoms with Crippen LogP contribution in [-0.2, 0) is 4.74 Å². The van der Waals surface area contributed by atoms with Crippen LogP contribution in [0.4, 0.5) is 0 Å². The van der Waals surface area contributed by atoms with E-state index in [4.69, 9.17) is 9.73 Å². The van der Waals surface area contributed by atoms with Crippen molar-refractivity contribution in [3.05, 3.63) is 35.9 Å². The van der Waals surface area contributed by atoms with E-state index in [9.17, 15) is 0 Å². The van der Waals surface area contributed by atoms with Gasteiger partial charge >= 0.3 is 0 Å². The number of guanidine groups is 1. The standard InChI is InChI=1S/C23H38N4OS.HI/c1-4-24-22(26-20-10-11-21(16-20)29-3)25-17-23(12-14-28-15-13-23)27-18(2)19-8-6-5-7-9-19;/h5-9,18,20-21,27H,4,10-17H2,1-3H3,(H2,24,25,26);1H. The molecular weight excluding hydrogens is 507 g/mol. The molecule has 7 heteroatoms. The van der Waals surface area contributed by atoms with Gasteiger partial charge in [-0.1, -0.05) is 30.3 Å². The van der Waals surface area contributed by atoms with E-state index in [0.29, 0.717) is 6.04 Å². The van der Waals surface area contributed by atoms with E-state index >= 15 is 0 Å². The largest absolute Gasteiger partial charge is 0.381 e. The summed E-state index contributed by atoms with van der Waals surface area (Å²) in [6.45, 7) is 7.63. The van der Waals surface area contributed by atoms with Crippen LogP contribution in [0, 0.1) is 0 Å². The van der Waals surface area contributed by atoms with Gasteiger partial charge in [0.15, 0.2) is 5.96 Å². The first-order chi connectivity index (χ1) is 14.1. The molecule has 1 aromatic rings. The number of rotatable bonds is 8. The average molecular weight is 547 g/mol. The summed E-state index contributed by atoms with van der Waals surface area (Å²) < 4.78 is 5.68. The second-order valence-corrected chi connectivity index (χ2v) is 9.51. The van der Waals surface area contributed by atoms with Gasteiger partial charge in [0.2, 0.25) is 0 Å². The topological polar surface area (TPSA) is 57.7 Å². The quantitative estimate of drug-likeness (QED) is 0.257. The van der Waals surface area contributed by atoms with Gasteiger partial charge in [-0.15, -0.1) is 24.0 Å². The van der Waals surface area contributed by atoms with Gasteiger partial charge in [0.25, 0.3) is 0 Å². The molecule has 1 aliphatic carbocycles. The monoisotopic (exact) mass is 546 g/mol. The van der Waals surface area contributed by atoms with Crippen molar-refractivity contribution in [1.82, 2.24) is 16.0 Å². The van der Waals surface area contributed by atoms with E-state index in [1.165, 1.54) is 24.8 Å². The Kier molecular flexibility index (Phi) is 11.3. The molecule has 1 saturated carbocycles. The second kappa shape index (κ2) is 13.1. The van der Waals surface area contributed by atoms with E-state index in [0.717, 1.165) is 50.4 Å². The number of hydrogen-bond acceptors (Lipinski definition) is 4. The summed E-state index contributed by atoms with van der Waals surface area (Å²) in [5.74, 6) is 0.958. The Balaban J connectivity index is 0.00000320. The number of nitrogens with one attached hydrogen (secondary N) is 3. The molecule has 0 radical (unpaired) electrons. The molecule has 3 atom stereocenters. The van der Waals surface area contributed by atoms with Gasteiger partial charge in [-0.2, -0.15) is 11.8 Å². The molecule has 3 rings (SSSR count). The molecule has 170 valence electrons. The molecule has 2 aliphatic rings. The molecule has 1 heterocycles. The van der Waals surface area contributed by atoms with Crippen molar-refractivity contribution >= 4 is 41.7 Å². The first-order valence-corrected chi connectivity index (χ1v) is 12.4. The average Bonchev–Trinajstić information content (AvgIpc) is 3.21. The number of nitrogens with zero attached hydrogens (tertiary/aromatic N) is 1. The van der Waals surface area contributed by atoms with Gasteiger partial charge in [0.1, 0.15) is 0 Å². The van der Waals surface area contributed by atoms with Gasteiger partial charge in [-0.3, -0.25) is 4.99 Å². The molecule has 2 fully saturated rings. The van der Waals surface area contributed by atoms with Crippen LogP contribution in [-0.4, -0.2) is 55.3 Å². The molecule has 0 spiro atoms. The predicted octanol–water partition coefficient (Wildman–Crippen LogP) is 4.34. The summed E-state index contributed by atoms with van der Waals surface area (Å²) >= 11 is 1.99. The minimum atomic E-state index is -0.0205. The Labute approximate surface area is 204 Å². The van der Waals surface area contributed by atoms with Gasteiger partial charge < -0.3 is 20.7 Å². The Bertz CT molecular complexity index is 639. The Hall–Kier alpha value is -0.510. The highest BCUT2D eigenvalue weighted by Gasteiger charge is 2.34. The summed E-state index contributed by atoms with van der Waals surface area (Å²) in [4.78, 5) is 5.04. The number of halogens is 1. The van der Waals surface area contributed by atoms with Crippen LogP contribution in [0.1, 0.15) is 57.6 Å². The maximum absolute atomic E-state index is 5.68. The lowest BCUT2D eigenvalue weighted by molar-refractivity contribution is 0.0374. The van der Waals surface area contributed by atoms with E-state index in [1.54, 1.807) is 0 Å². The third-order valence-corrected chi connectivity index (χ3v) is 7.31. The molecule has 5 nitrogen and oxygen atoms in total. The third kappa shape index (κ3) is 7.57. The fourth-order valence-corrected chi connectivity index (χ4v) is 5.22.